The maximum absolute atomic E-state index is 9.49. The Balaban J connectivity index is 1.52. The number of hydrogen-bond acceptors (Lipinski definition) is 1. The van der Waals surface area contributed by atoms with Gasteiger partial charge in [-0.2, -0.15) is 0 Å². The van der Waals surface area contributed by atoms with Crippen LogP contribution < -0.4 is 0 Å². The topological polar surface area (TPSA) is 13.1 Å². The van der Waals surface area contributed by atoms with E-state index < -0.39 is 24.2 Å². The second-order valence-electron chi connectivity index (χ2n) is 11.4. The number of furan rings is 1. The summed E-state index contributed by atoms with van der Waals surface area (Å²) in [5.41, 5.74) is 6.60. The number of rotatable bonds is 5. The van der Waals surface area contributed by atoms with Crippen molar-refractivity contribution in [2.45, 2.75) is 0 Å². The minimum absolute atomic E-state index is 0.136. The third-order valence-electron chi connectivity index (χ3n) is 8.74. The van der Waals surface area contributed by atoms with E-state index in [4.69, 9.17) is 9.90 Å². The summed E-state index contributed by atoms with van der Waals surface area (Å²) in [7, 11) is 0. The minimum atomic E-state index is -0.454. The molecule has 1 heterocycles. The first-order valence-electron chi connectivity index (χ1n) is 19.4. The Morgan fingerprint density at radius 3 is 1.32 bits per heavy atom. The molecular formula is C46H30O. The maximum Gasteiger partial charge on any atom is 0.143 e. The van der Waals surface area contributed by atoms with Crippen molar-refractivity contribution in [3.63, 3.8) is 0 Å². The van der Waals surface area contributed by atoms with Gasteiger partial charge in [-0.05, 0) is 67.1 Å². The van der Waals surface area contributed by atoms with Crippen molar-refractivity contribution in [1.29, 1.82) is 0 Å². The van der Waals surface area contributed by atoms with Gasteiger partial charge in [-0.1, -0.05) is 170 Å². The molecule has 0 unspecified atom stereocenters. The highest BCUT2D eigenvalue weighted by molar-refractivity contribution is 6.25. The summed E-state index contributed by atoms with van der Waals surface area (Å²) in [4.78, 5) is 0. The Kier molecular flexibility index (Phi) is 4.83. The van der Waals surface area contributed by atoms with E-state index in [1.54, 1.807) is 24.3 Å². The van der Waals surface area contributed by atoms with Crippen molar-refractivity contribution in [2.75, 3.05) is 0 Å². The van der Waals surface area contributed by atoms with Gasteiger partial charge in [0.2, 0.25) is 0 Å². The van der Waals surface area contributed by atoms with E-state index in [0.717, 1.165) is 22.3 Å². The van der Waals surface area contributed by atoms with E-state index in [9.17, 15) is 5.48 Å². The zero-order valence-corrected chi connectivity index (χ0v) is 25.1. The van der Waals surface area contributed by atoms with Crippen molar-refractivity contribution in [2.24, 2.45) is 0 Å². The second kappa shape index (κ2) is 11.3. The van der Waals surface area contributed by atoms with E-state index in [2.05, 4.69) is 0 Å². The van der Waals surface area contributed by atoms with E-state index in [1.165, 1.54) is 0 Å². The average molecular weight is 607 g/mol. The first-order valence-corrected chi connectivity index (χ1v) is 15.4. The Bertz CT molecular complexity index is 2900. The van der Waals surface area contributed by atoms with Crippen LogP contribution in [-0.2, 0) is 0 Å². The Morgan fingerprint density at radius 2 is 0.766 bits per heavy atom. The fourth-order valence-corrected chi connectivity index (χ4v) is 6.57. The van der Waals surface area contributed by atoms with Crippen LogP contribution in [0.5, 0.6) is 0 Å². The number of benzene rings is 8. The van der Waals surface area contributed by atoms with Gasteiger partial charge in [-0.15, -0.1) is 0 Å². The fraction of sp³-hybridized carbons (Fsp3) is 0. The quantitative estimate of drug-likeness (QED) is 0.178. The predicted molar refractivity (Wildman–Crippen MR) is 198 cm³/mol. The summed E-state index contributed by atoms with van der Waals surface area (Å²) in [6.07, 6.45) is 0. The third-order valence-corrected chi connectivity index (χ3v) is 8.74. The molecule has 0 fully saturated rings. The highest BCUT2D eigenvalue weighted by Gasteiger charge is 2.24. The molecular weight excluding hydrogens is 569 g/mol. The molecule has 0 amide bonds. The fourth-order valence-electron chi connectivity index (χ4n) is 6.57. The molecule has 0 aliphatic carbocycles. The van der Waals surface area contributed by atoms with Crippen LogP contribution in [0.2, 0.25) is 0 Å². The van der Waals surface area contributed by atoms with Gasteiger partial charge >= 0.3 is 0 Å². The molecule has 47 heavy (non-hydrogen) atoms. The predicted octanol–water partition coefficient (Wildman–Crippen LogP) is 13.1. The first kappa shape index (κ1) is 20.0. The smallest absolute Gasteiger partial charge is 0.143 e. The van der Waals surface area contributed by atoms with Gasteiger partial charge in [0.1, 0.15) is 11.3 Å². The third kappa shape index (κ3) is 4.64. The molecule has 1 nitrogen and oxygen atoms in total. The molecule has 1 aromatic heterocycles. The van der Waals surface area contributed by atoms with Gasteiger partial charge in [-0.25, -0.2) is 0 Å². The second-order valence-corrected chi connectivity index (χ2v) is 11.4. The molecule has 8 aromatic carbocycles. The van der Waals surface area contributed by atoms with Crippen LogP contribution in [0.3, 0.4) is 0 Å². The first-order chi connectivity index (χ1) is 26.7. The lowest BCUT2D eigenvalue weighted by atomic mass is 9.84. The van der Waals surface area contributed by atoms with Crippen LogP contribution >= 0.6 is 0 Å². The highest BCUT2D eigenvalue weighted by Crippen LogP contribution is 2.50. The Hall–Kier alpha value is -6.18. The molecule has 9 aromatic rings. The zero-order chi connectivity index (χ0) is 38.1. The van der Waals surface area contributed by atoms with Gasteiger partial charge in [0.15, 0.2) is 0 Å². The summed E-state index contributed by atoms with van der Waals surface area (Å²) < 4.78 is 79.9. The van der Waals surface area contributed by atoms with Crippen LogP contribution in [0, 0.1) is 0 Å². The SMILES string of the molecule is [2H]c1c([2H])c([2H])c2c(-c3c(-c4ccc(-c5ccccc5)cc4)oc4ccc(-c5ccccc5)cc34)c3c([2H])c([2H])c([2H])c([2H])c3c(-c3ccccc3)c2c1[2H]. The standard InChI is InChI=1S/C46H30O/c1-4-14-31(15-5-1)33-24-26-35(27-25-33)46-45(41-30-36(28-29-42(41)47-46)32-16-6-2-7-17-32)44-39-22-12-10-20-37(39)43(34-18-8-3-9-19-34)38-21-11-13-23-40(38)44/h1-30H/i10D,11D,12D,13D,20D,21D,22D,23D. The zero-order valence-electron chi connectivity index (χ0n) is 33.1. The summed E-state index contributed by atoms with van der Waals surface area (Å²) in [6.45, 7) is 0. The highest BCUT2D eigenvalue weighted by atomic mass is 16.3. The normalized spacial score (nSPS) is 13.8. The number of fused-ring (bicyclic) bond motifs is 3. The van der Waals surface area contributed by atoms with Crippen LogP contribution in [0.1, 0.15) is 11.0 Å². The van der Waals surface area contributed by atoms with Crippen LogP contribution in [0.15, 0.2) is 186 Å². The van der Waals surface area contributed by atoms with Crippen molar-refractivity contribution in [3.8, 4) is 55.8 Å². The van der Waals surface area contributed by atoms with Gasteiger partial charge in [-0.3, -0.25) is 0 Å². The van der Waals surface area contributed by atoms with Crippen molar-refractivity contribution >= 4 is 32.5 Å². The molecule has 0 saturated heterocycles. The average Bonchev–Trinajstić information content (AvgIpc) is 3.61. The van der Waals surface area contributed by atoms with Crippen LogP contribution in [0.4, 0.5) is 0 Å². The summed E-state index contributed by atoms with van der Waals surface area (Å²) in [5.74, 6) is 0.398. The number of hydrogen-bond donors (Lipinski definition) is 0. The summed E-state index contributed by atoms with van der Waals surface area (Å²) >= 11 is 0. The molecule has 0 spiro atoms. The van der Waals surface area contributed by atoms with E-state index >= 15 is 0 Å². The molecule has 1 heteroatoms. The maximum atomic E-state index is 9.49. The summed E-state index contributed by atoms with van der Waals surface area (Å²) in [6, 6.07) is 39.4. The van der Waals surface area contributed by atoms with Crippen molar-refractivity contribution < 1.29 is 15.4 Å². The van der Waals surface area contributed by atoms with E-state index in [-0.39, 0.29) is 51.3 Å². The molecule has 0 atom stereocenters. The molecule has 0 aliphatic rings. The van der Waals surface area contributed by atoms with Crippen LogP contribution in [-0.4, -0.2) is 0 Å². The molecule has 220 valence electrons. The Morgan fingerprint density at radius 1 is 0.340 bits per heavy atom. The van der Waals surface area contributed by atoms with Crippen molar-refractivity contribution in [1.82, 2.24) is 0 Å². The lowest BCUT2D eigenvalue weighted by molar-refractivity contribution is 0.632. The van der Waals surface area contributed by atoms with Crippen LogP contribution in [0.25, 0.3) is 88.3 Å². The van der Waals surface area contributed by atoms with Crippen molar-refractivity contribution in [3.05, 3.63) is 182 Å². The molecule has 9 rings (SSSR count). The molecule has 0 saturated carbocycles. The Labute approximate surface area is 285 Å². The van der Waals surface area contributed by atoms with Gasteiger partial charge < -0.3 is 4.42 Å². The van der Waals surface area contributed by atoms with Gasteiger partial charge in [0.25, 0.3) is 0 Å². The lowest BCUT2D eigenvalue weighted by Crippen LogP contribution is -1.91. The van der Waals surface area contributed by atoms with Gasteiger partial charge in [0.05, 0.1) is 11.0 Å². The lowest BCUT2D eigenvalue weighted by Gasteiger charge is -2.18. The van der Waals surface area contributed by atoms with Gasteiger partial charge in [0, 0.05) is 22.1 Å². The molecule has 0 bridgehead atoms. The monoisotopic (exact) mass is 606 g/mol. The summed E-state index contributed by atoms with van der Waals surface area (Å²) in [5, 5.41) is 1.21. The molecule has 0 radical (unpaired) electrons. The minimum Gasteiger partial charge on any atom is -0.455 e. The molecule has 0 aliphatic heterocycles. The van der Waals surface area contributed by atoms with E-state index in [1.807, 2.05) is 109 Å². The molecule has 0 N–H and O–H groups in total. The largest absolute Gasteiger partial charge is 0.455 e. The van der Waals surface area contributed by atoms with E-state index in [0.29, 0.717) is 39.0 Å².